The van der Waals surface area contributed by atoms with Crippen LogP contribution in [0.25, 0.3) is 0 Å². The first-order valence-corrected chi connectivity index (χ1v) is 5.99. The lowest BCUT2D eigenvalue weighted by Crippen LogP contribution is -2.23. The van der Waals surface area contributed by atoms with E-state index < -0.39 is 0 Å². The van der Waals surface area contributed by atoms with Crippen LogP contribution in [0.3, 0.4) is 0 Å². The van der Waals surface area contributed by atoms with Gasteiger partial charge in [-0.25, -0.2) is 0 Å². The summed E-state index contributed by atoms with van der Waals surface area (Å²) < 4.78 is 5.41. The molecule has 0 aliphatic carbocycles. The molecule has 0 heterocycles. The van der Waals surface area contributed by atoms with Gasteiger partial charge in [-0.15, -0.1) is 0 Å². The van der Waals surface area contributed by atoms with Crippen molar-refractivity contribution in [3.05, 3.63) is 34.3 Å². The average molecular weight is 300 g/mol. The molecule has 1 N–H and O–H groups in total. The second kappa shape index (κ2) is 7.06. The van der Waals surface area contributed by atoms with Gasteiger partial charge in [0.25, 0.3) is 0 Å². The number of hydrogen-bond donors (Lipinski definition) is 1. The Morgan fingerprint density at radius 3 is 2.65 bits per heavy atom. The Bertz CT molecular complexity index is 406. The molecule has 0 radical (unpaired) electrons. The maximum Gasteiger partial charge on any atom is 0.306 e. The van der Waals surface area contributed by atoms with Crippen molar-refractivity contribution in [2.75, 3.05) is 7.11 Å². The van der Waals surface area contributed by atoms with Crippen LogP contribution in [-0.2, 0) is 20.9 Å². The van der Waals surface area contributed by atoms with Crippen LogP contribution in [0.1, 0.15) is 18.4 Å². The highest BCUT2D eigenvalue weighted by molar-refractivity contribution is 9.10. The molecule has 0 aliphatic rings. The van der Waals surface area contributed by atoms with Crippen LogP contribution in [0.2, 0.25) is 0 Å². The van der Waals surface area contributed by atoms with Crippen LogP contribution >= 0.6 is 15.9 Å². The molecule has 1 aromatic carbocycles. The molecular formula is C12H14BrNO3. The molecule has 0 bridgehead atoms. The molecule has 0 aliphatic heterocycles. The van der Waals surface area contributed by atoms with Crippen molar-refractivity contribution >= 4 is 27.8 Å². The summed E-state index contributed by atoms with van der Waals surface area (Å²) in [4.78, 5) is 22.2. The Balaban J connectivity index is 2.34. The maximum atomic E-state index is 11.4. The van der Waals surface area contributed by atoms with E-state index in [1.807, 2.05) is 24.3 Å². The van der Waals surface area contributed by atoms with Crippen molar-refractivity contribution in [1.29, 1.82) is 0 Å². The molecule has 17 heavy (non-hydrogen) atoms. The molecule has 1 aromatic rings. The molecule has 1 rings (SSSR count). The number of ether oxygens (including phenoxy) is 1. The largest absolute Gasteiger partial charge is 0.469 e. The zero-order chi connectivity index (χ0) is 12.7. The summed E-state index contributed by atoms with van der Waals surface area (Å²) in [6, 6.07) is 7.65. The highest BCUT2D eigenvalue weighted by atomic mass is 79.9. The quantitative estimate of drug-likeness (QED) is 0.846. The second-order valence-electron chi connectivity index (χ2n) is 3.44. The zero-order valence-electron chi connectivity index (χ0n) is 9.53. The van der Waals surface area contributed by atoms with E-state index in [1.165, 1.54) is 7.11 Å². The van der Waals surface area contributed by atoms with Crippen LogP contribution in [0.15, 0.2) is 28.7 Å². The van der Waals surface area contributed by atoms with E-state index >= 15 is 0 Å². The minimum Gasteiger partial charge on any atom is -0.469 e. The number of carbonyl (C=O) groups excluding carboxylic acids is 2. The first-order chi connectivity index (χ1) is 8.13. The van der Waals surface area contributed by atoms with E-state index in [0.29, 0.717) is 6.54 Å². The molecule has 0 spiro atoms. The van der Waals surface area contributed by atoms with E-state index in [1.54, 1.807) is 0 Å². The summed E-state index contributed by atoms with van der Waals surface area (Å²) in [6.45, 7) is 0.446. The predicted octanol–water partition coefficient (Wildman–Crippen LogP) is 2.02. The van der Waals surface area contributed by atoms with Crippen LogP contribution in [-0.4, -0.2) is 19.0 Å². The fourth-order valence-corrected chi connectivity index (χ4v) is 1.67. The molecule has 0 unspecified atom stereocenters. The minimum atomic E-state index is -0.374. The van der Waals surface area contributed by atoms with Gasteiger partial charge < -0.3 is 10.1 Å². The van der Waals surface area contributed by atoms with Gasteiger partial charge in [0.05, 0.1) is 13.5 Å². The van der Waals surface area contributed by atoms with Gasteiger partial charge in [-0.2, -0.15) is 0 Å². The van der Waals surface area contributed by atoms with Gasteiger partial charge in [-0.05, 0) is 11.6 Å². The number of nitrogens with one attached hydrogen (secondary N) is 1. The topological polar surface area (TPSA) is 55.4 Å². The maximum absolute atomic E-state index is 11.4. The lowest BCUT2D eigenvalue weighted by Gasteiger charge is -2.06. The molecule has 92 valence electrons. The highest BCUT2D eigenvalue weighted by Gasteiger charge is 2.07. The average Bonchev–Trinajstić information content (AvgIpc) is 2.35. The van der Waals surface area contributed by atoms with E-state index in [0.717, 1.165) is 10.0 Å². The molecule has 1 amide bonds. The standard InChI is InChI=1S/C12H14BrNO3/c1-17-12(16)7-6-11(15)14-8-9-4-2-3-5-10(9)13/h2-5H,6-8H2,1H3,(H,14,15). The number of benzene rings is 1. The highest BCUT2D eigenvalue weighted by Crippen LogP contribution is 2.15. The molecule has 0 fully saturated rings. The monoisotopic (exact) mass is 299 g/mol. The fraction of sp³-hybridized carbons (Fsp3) is 0.333. The summed E-state index contributed by atoms with van der Waals surface area (Å²) in [5.41, 5.74) is 0.999. The molecule has 4 nitrogen and oxygen atoms in total. The Labute approximate surface area is 108 Å². The smallest absolute Gasteiger partial charge is 0.306 e. The van der Waals surface area contributed by atoms with Crippen LogP contribution < -0.4 is 5.32 Å². The third-order valence-corrected chi connectivity index (χ3v) is 2.99. The van der Waals surface area contributed by atoms with Crippen molar-refractivity contribution < 1.29 is 14.3 Å². The van der Waals surface area contributed by atoms with Gasteiger partial charge in [-0.1, -0.05) is 34.1 Å². The Kier molecular flexibility index (Phi) is 5.69. The number of hydrogen-bond acceptors (Lipinski definition) is 3. The summed E-state index contributed by atoms with van der Waals surface area (Å²) >= 11 is 3.39. The Morgan fingerprint density at radius 2 is 2.00 bits per heavy atom. The summed E-state index contributed by atoms with van der Waals surface area (Å²) in [6.07, 6.45) is 0.259. The van der Waals surface area contributed by atoms with Crippen LogP contribution in [0, 0.1) is 0 Å². The number of halogens is 1. The van der Waals surface area contributed by atoms with Crippen molar-refractivity contribution in [1.82, 2.24) is 5.32 Å². The SMILES string of the molecule is COC(=O)CCC(=O)NCc1ccccc1Br. The normalized spacial score (nSPS) is 9.76. The van der Waals surface area contributed by atoms with E-state index in [2.05, 4.69) is 26.0 Å². The van der Waals surface area contributed by atoms with Gasteiger partial charge in [-0.3, -0.25) is 9.59 Å². The third-order valence-electron chi connectivity index (χ3n) is 2.22. The third kappa shape index (κ3) is 4.99. The van der Waals surface area contributed by atoms with E-state index in [9.17, 15) is 9.59 Å². The second-order valence-corrected chi connectivity index (χ2v) is 4.30. The fourth-order valence-electron chi connectivity index (χ4n) is 1.24. The number of methoxy groups -OCH3 is 1. The molecule has 5 heteroatoms. The van der Waals surface area contributed by atoms with Crippen molar-refractivity contribution in [3.8, 4) is 0 Å². The van der Waals surface area contributed by atoms with E-state index in [4.69, 9.17) is 0 Å². The molecule has 0 saturated heterocycles. The molecule has 0 atom stereocenters. The van der Waals surface area contributed by atoms with Crippen LogP contribution in [0.5, 0.6) is 0 Å². The van der Waals surface area contributed by atoms with Gasteiger partial charge in [0.1, 0.15) is 0 Å². The van der Waals surface area contributed by atoms with Gasteiger partial charge in [0.2, 0.25) is 5.91 Å². The van der Waals surface area contributed by atoms with Crippen LogP contribution in [0.4, 0.5) is 0 Å². The summed E-state index contributed by atoms with van der Waals surface area (Å²) in [5.74, 6) is -0.535. The lowest BCUT2D eigenvalue weighted by atomic mass is 10.2. The summed E-state index contributed by atoms with van der Waals surface area (Å²) in [5, 5.41) is 2.74. The molecule has 0 aromatic heterocycles. The number of amides is 1. The number of carbonyl (C=O) groups is 2. The minimum absolute atomic E-state index is 0.109. The van der Waals surface area contributed by atoms with Gasteiger partial charge in [0, 0.05) is 17.4 Å². The Hall–Kier alpha value is -1.36. The summed E-state index contributed by atoms with van der Waals surface area (Å²) in [7, 11) is 1.31. The number of rotatable bonds is 5. The predicted molar refractivity (Wildman–Crippen MR) is 67.2 cm³/mol. The van der Waals surface area contributed by atoms with Gasteiger partial charge in [0.15, 0.2) is 0 Å². The van der Waals surface area contributed by atoms with Crippen molar-refractivity contribution in [2.24, 2.45) is 0 Å². The Morgan fingerprint density at radius 1 is 1.29 bits per heavy atom. The molecule has 0 saturated carbocycles. The first-order valence-electron chi connectivity index (χ1n) is 5.20. The van der Waals surface area contributed by atoms with E-state index in [-0.39, 0.29) is 24.7 Å². The number of esters is 1. The lowest BCUT2D eigenvalue weighted by molar-refractivity contribution is -0.142. The zero-order valence-corrected chi connectivity index (χ0v) is 11.1. The molecular weight excluding hydrogens is 286 g/mol. The van der Waals surface area contributed by atoms with Crippen molar-refractivity contribution in [2.45, 2.75) is 19.4 Å². The first kappa shape index (κ1) is 13.7. The van der Waals surface area contributed by atoms with Crippen molar-refractivity contribution in [3.63, 3.8) is 0 Å². The van der Waals surface area contributed by atoms with Gasteiger partial charge >= 0.3 is 5.97 Å².